The molecule has 0 atom stereocenters. The van der Waals surface area contributed by atoms with Crippen LogP contribution in [0.25, 0.3) is 10.2 Å². The number of carbonyl (C=O) groups excluding carboxylic acids is 1. The molecule has 1 aliphatic heterocycles. The van der Waals surface area contributed by atoms with E-state index in [9.17, 15) is 4.79 Å². The Morgan fingerprint density at radius 3 is 2.47 bits per heavy atom. The highest BCUT2D eigenvalue weighted by Crippen LogP contribution is 2.34. The van der Waals surface area contributed by atoms with Crippen molar-refractivity contribution in [2.45, 2.75) is 13.8 Å². The number of hydrogen-bond donors (Lipinski definition) is 0. The molecule has 0 aliphatic carbocycles. The summed E-state index contributed by atoms with van der Waals surface area (Å²) >= 11 is 1.55. The second-order valence-corrected chi connectivity index (χ2v) is 8.53. The van der Waals surface area contributed by atoms with Gasteiger partial charge in [0.2, 0.25) is 0 Å². The first-order valence-corrected chi connectivity index (χ1v) is 10.5. The number of halogens is 1. The smallest absolute Gasteiger partial charge is 0.260 e. The van der Waals surface area contributed by atoms with Gasteiger partial charge in [-0.3, -0.25) is 9.69 Å². The molecule has 1 aromatic heterocycles. The number of rotatable bonds is 5. The second kappa shape index (κ2) is 9.20. The van der Waals surface area contributed by atoms with Gasteiger partial charge in [-0.1, -0.05) is 11.3 Å². The molecule has 160 valence electrons. The summed E-state index contributed by atoms with van der Waals surface area (Å²) in [6.45, 7) is 6.49. The van der Waals surface area contributed by atoms with Crippen LogP contribution in [0.5, 0.6) is 11.5 Å². The lowest BCUT2D eigenvalue weighted by Gasteiger charge is -2.23. The summed E-state index contributed by atoms with van der Waals surface area (Å²) in [6.07, 6.45) is 0. The third-order valence-corrected chi connectivity index (χ3v) is 6.07. The molecule has 8 heteroatoms. The minimum atomic E-state index is -0.0867. The lowest BCUT2D eigenvalue weighted by atomic mass is 10.1. The number of amides is 1. The molecular weight excluding hydrogens is 422 g/mol. The summed E-state index contributed by atoms with van der Waals surface area (Å²) in [5, 5.41) is 0.715. The number of benzene rings is 2. The molecule has 6 nitrogen and oxygen atoms in total. The van der Waals surface area contributed by atoms with E-state index in [-0.39, 0.29) is 18.3 Å². The monoisotopic (exact) mass is 447 g/mol. The lowest BCUT2D eigenvalue weighted by molar-refractivity contribution is 0.0984. The maximum absolute atomic E-state index is 13.4. The first-order valence-electron chi connectivity index (χ1n) is 9.66. The first-order chi connectivity index (χ1) is 13.9. The zero-order valence-electron chi connectivity index (χ0n) is 17.6. The highest BCUT2D eigenvalue weighted by molar-refractivity contribution is 7.22. The minimum Gasteiger partial charge on any atom is -0.486 e. The van der Waals surface area contributed by atoms with Crippen molar-refractivity contribution >= 4 is 45.0 Å². The van der Waals surface area contributed by atoms with Crippen molar-refractivity contribution in [2.75, 3.05) is 45.3 Å². The second-order valence-electron chi connectivity index (χ2n) is 7.52. The van der Waals surface area contributed by atoms with Crippen LogP contribution < -0.4 is 14.4 Å². The summed E-state index contributed by atoms with van der Waals surface area (Å²) in [6, 6.07) is 9.59. The lowest BCUT2D eigenvalue weighted by Crippen LogP contribution is -2.36. The average Bonchev–Trinajstić information content (AvgIpc) is 3.10. The van der Waals surface area contributed by atoms with Crippen molar-refractivity contribution in [3.8, 4) is 11.5 Å². The molecule has 0 radical (unpaired) electrons. The topological polar surface area (TPSA) is 54.9 Å². The Bertz CT molecular complexity index is 1030. The van der Waals surface area contributed by atoms with Crippen LogP contribution in [-0.4, -0.2) is 56.2 Å². The van der Waals surface area contributed by atoms with E-state index in [0.29, 0.717) is 42.0 Å². The van der Waals surface area contributed by atoms with Crippen LogP contribution in [0.2, 0.25) is 0 Å². The van der Waals surface area contributed by atoms with E-state index in [2.05, 4.69) is 30.9 Å². The maximum atomic E-state index is 13.4. The van der Waals surface area contributed by atoms with Crippen LogP contribution in [0.1, 0.15) is 21.5 Å². The number of ether oxygens (including phenoxy) is 2. The summed E-state index contributed by atoms with van der Waals surface area (Å²) in [4.78, 5) is 22.0. The number of fused-ring (bicyclic) bond motifs is 2. The Hall–Kier alpha value is -2.35. The van der Waals surface area contributed by atoms with Crippen molar-refractivity contribution in [1.82, 2.24) is 9.88 Å². The van der Waals surface area contributed by atoms with Crippen molar-refractivity contribution in [3.05, 3.63) is 47.0 Å². The molecule has 0 unspecified atom stereocenters. The van der Waals surface area contributed by atoms with Crippen molar-refractivity contribution < 1.29 is 14.3 Å². The Balaban J connectivity index is 0.00000256. The Kier molecular flexibility index (Phi) is 6.85. The van der Waals surface area contributed by atoms with Gasteiger partial charge in [-0.05, 0) is 69.4 Å². The van der Waals surface area contributed by atoms with Crippen molar-refractivity contribution in [3.63, 3.8) is 0 Å². The number of likely N-dealkylation sites (N-methyl/N-ethyl adjacent to an activating group) is 1. The average molecular weight is 448 g/mol. The van der Waals surface area contributed by atoms with Gasteiger partial charge in [0.1, 0.15) is 13.2 Å². The van der Waals surface area contributed by atoms with E-state index in [1.807, 2.05) is 14.1 Å². The summed E-state index contributed by atoms with van der Waals surface area (Å²) in [7, 11) is 4.00. The fourth-order valence-electron chi connectivity index (χ4n) is 3.20. The molecule has 0 saturated carbocycles. The number of hydrogen-bond acceptors (Lipinski definition) is 6. The number of aryl methyl sites for hydroxylation is 2. The van der Waals surface area contributed by atoms with Crippen LogP contribution in [0.3, 0.4) is 0 Å². The molecule has 0 saturated heterocycles. The van der Waals surface area contributed by atoms with E-state index in [1.165, 1.54) is 11.1 Å². The van der Waals surface area contributed by atoms with E-state index >= 15 is 0 Å². The number of nitrogens with zero attached hydrogens (tertiary/aromatic N) is 3. The fourth-order valence-corrected chi connectivity index (χ4v) is 4.27. The molecule has 0 fully saturated rings. The van der Waals surface area contributed by atoms with Crippen molar-refractivity contribution in [2.24, 2.45) is 0 Å². The molecule has 30 heavy (non-hydrogen) atoms. The highest BCUT2D eigenvalue weighted by atomic mass is 35.5. The van der Waals surface area contributed by atoms with Gasteiger partial charge >= 0.3 is 0 Å². The van der Waals surface area contributed by atoms with Crippen LogP contribution >= 0.6 is 23.7 Å². The molecule has 2 aromatic carbocycles. The Morgan fingerprint density at radius 1 is 1.03 bits per heavy atom. The van der Waals surface area contributed by atoms with Gasteiger partial charge in [0.15, 0.2) is 16.6 Å². The molecule has 0 bridgehead atoms. The predicted octanol–water partition coefficient (Wildman–Crippen LogP) is 4.31. The Morgan fingerprint density at radius 2 is 1.73 bits per heavy atom. The number of thiazole rings is 1. The molecule has 2 heterocycles. The van der Waals surface area contributed by atoms with Gasteiger partial charge in [-0.2, -0.15) is 0 Å². The van der Waals surface area contributed by atoms with Gasteiger partial charge in [0.25, 0.3) is 5.91 Å². The predicted molar refractivity (Wildman–Crippen MR) is 124 cm³/mol. The van der Waals surface area contributed by atoms with Crippen LogP contribution in [0.4, 0.5) is 5.13 Å². The largest absolute Gasteiger partial charge is 0.486 e. The number of anilines is 1. The van der Waals surface area contributed by atoms with Gasteiger partial charge < -0.3 is 14.4 Å². The highest BCUT2D eigenvalue weighted by Gasteiger charge is 2.23. The zero-order chi connectivity index (χ0) is 20.5. The molecular formula is C22H26ClN3O3S. The van der Waals surface area contributed by atoms with Crippen molar-refractivity contribution in [1.29, 1.82) is 0 Å². The van der Waals surface area contributed by atoms with Crippen LogP contribution in [0.15, 0.2) is 30.3 Å². The van der Waals surface area contributed by atoms with E-state index in [1.54, 1.807) is 34.4 Å². The molecule has 1 amide bonds. The molecule has 4 rings (SSSR count). The SMILES string of the molecule is Cc1cc2nc(N(CCN(C)C)C(=O)c3ccc4c(c3)OCCO4)sc2cc1C.Cl. The van der Waals surface area contributed by atoms with E-state index < -0.39 is 0 Å². The quantitative estimate of drug-likeness (QED) is 0.583. The van der Waals surface area contributed by atoms with Gasteiger partial charge in [0, 0.05) is 18.7 Å². The molecule has 3 aromatic rings. The van der Waals surface area contributed by atoms with Gasteiger partial charge in [0.05, 0.1) is 10.2 Å². The fraction of sp³-hybridized carbons (Fsp3) is 0.364. The van der Waals surface area contributed by atoms with E-state index in [4.69, 9.17) is 14.5 Å². The zero-order valence-corrected chi connectivity index (χ0v) is 19.2. The van der Waals surface area contributed by atoms with Crippen LogP contribution in [-0.2, 0) is 0 Å². The normalized spacial score (nSPS) is 12.7. The first kappa shape index (κ1) is 22.3. The number of carbonyl (C=O) groups is 1. The summed E-state index contributed by atoms with van der Waals surface area (Å²) < 4.78 is 12.3. The van der Waals surface area contributed by atoms with E-state index in [0.717, 1.165) is 16.8 Å². The summed E-state index contributed by atoms with van der Waals surface area (Å²) in [5.74, 6) is 1.21. The third-order valence-electron chi connectivity index (χ3n) is 5.03. The van der Waals surface area contributed by atoms with Gasteiger partial charge in [-0.15, -0.1) is 12.4 Å². The Labute approximate surface area is 186 Å². The van der Waals surface area contributed by atoms with Gasteiger partial charge in [-0.25, -0.2) is 4.98 Å². The standard InChI is InChI=1S/C22H25N3O3S.ClH/c1-14-11-17-20(12-15(14)2)29-22(23-17)25(8-7-24(3)4)21(26)16-5-6-18-19(13-16)28-10-9-27-18;/h5-6,11-13H,7-10H2,1-4H3;1H. The molecule has 0 N–H and O–H groups in total. The maximum Gasteiger partial charge on any atom is 0.260 e. The van der Waals surface area contributed by atoms with Crippen LogP contribution in [0, 0.1) is 13.8 Å². The number of aromatic nitrogens is 1. The minimum absolute atomic E-state index is 0. The third kappa shape index (κ3) is 4.53. The molecule has 1 aliphatic rings. The molecule has 0 spiro atoms. The summed E-state index contributed by atoms with van der Waals surface area (Å²) in [5.41, 5.74) is 3.93.